The Balaban J connectivity index is 1.97. The number of carbonyl (C=O) groups is 1. The van der Waals surface area contributed by atoms with Crippen LogP contribution in [-0.2, 0) is 6.54 Å². The van der Waals surface area contributed by atoms with Gasteiger partial charge in [0, 0.05) is 6.54 Å². The Labute approximate surface area is 110 Å². The van der Waals surface area contributed by atoms with Gasteiger partial charge < -0.3 is 15.2 Å². The Bertz CT molecular complexity index is 567. The lowest BCUT2D eigenvalue weighted by atomic mass is 10.3. The molecule has 2 aromatic heterocycles. The van der Waals surface area contributed by atoms with Crippen molar-refractivity contribution in [3.63, 3.8) is 0 Å². The fourth-order valence-corrected chi connectivity index (χ4v) is 1.50. The van der Waals surface area contributed by atoms with Crippen LogP contribution in [0.15, 0.2) is 22.7 Å². The minimum atomic E-state index is -0.282. The van der Waals surface area contributed by atoms with Crippen molar-refractivity contribution in [2.24, 2.45) is 0 Å². The average Bonchev–Trinajstić information content (AvgIpc) is 2.82. The zero-order valence-corrected chi connectivity index (χ0v) is 10.8. The highest BCUT2D eigenvalue weighted by atomic mass is 16.5. The summed E-state index contributed by atoms with van der Waals surface area (Å²) in [5.74, 6) is 1.30. The summed E-state index contributed by atoms with van der Waals surface area (Å²) in [6, 6.07) is 5.23. The number of aromatic nitrogens is 3. The molecule has 100 valence electrons. The Morgan fingerprint density at radius 3 is 2.89 bits per heavy atom. The molecule has 0 radical (unpaired) electrons. The largest absolute Gasteiger partial charge is 0.370 e. The average molecular weight is 261 g/mol. The van der Waals surface area contributed by atoms with Crippen LogP contribution in [0.5, 0.6) is 0 Å². The van der Waals surface area contributed by atoms with E-state index in [-0.39, 0.29) is 12.5 Å². The van der Waals surface area contributed by atoms with Gasteiger partial charge in [0.05, 0.1) is 6.54 Å². The van der Waals surface area contributed by atoms with E-state index in [0.29, 0.717) is 23.2 Å². The molecule has 2 N–H and O–H groups in total. The summed E-state index contributed by atoms with van der Waals surface area (Å²) in [5.41, 5.74) is 0.342. The molecule has 19 heavy (non-hydrogen) atoms. The van der Waals surface area contributed by atoms with Crippen LogP contribution in [0.4, 0.5) is 5.82 Å². The smallest absolute Gasteiger partial charge is 0.270 e. The van der Waals surface area contributed by atoms with Crippen molar-refractivity contribution < 1.29 is 9.32 Å². The molecule has 0 unspecified atom stereocenters. The molecular weight excluding hydrogens is 246 g/mol. The second-order valence-electron chi connectivity index (χ2n) is 3.86. The van der Waals surface area contributed by atoms with Gasteiger partial charge in [0.15, 0.2) is 5.82 Å². The van der Waals surface area contributed by atoms with Crippen LogP contribution in [0, 0.1) is 6.92 Å². The molecule has 2 aromatic rings. The Kier molecular flexibility index (Phi) is 4.07. The van der Waals surface area contributed by atoms with Gasteiger partial charge in [-0.1, -0.05) is 11.2 Å². The first-order chi connectivity index (χ1) is 9.19. The van der Waals surface area contributed by atoms with Crippen LogP contribution in [0.1, 0.15) is 29.1 Å². The number of hydrogen-bond acceptors (Lipinski definition) is 6. The third kappa shape index (κ3) is 3.51. The Morgan fingerprint density at radius 1 is 1.37 bits per heavy atom. The maximum atomic E-state index is 11.9. The molecule has 0 saturated carbocycles. The van der Waals surface area contributed by atoms with Gasteiger partial charge in [0.1, 0.15) is 11.5 Å². The fourth-order valence-electron chi connectivity index (χ4n) is 1.50. The number of amides is 1. The highest BCUT2D eigenvalue weighted by Gasteiger charge is 2.09. The van der Waals surface area contributed by atoms with Crippen molar-refractivity contribution in [3.8, 4) is 0 Å². The van der Waals surface area contributed by atoms with E-state index in [1.165, 1.54) is 0 Å². The molecule has 0 bridgehead atoms. The van der Waals surface area contributed by atoms with Gasteiger partial charge in [0.25, 0.3) is 5.91 Å². The van der Waals surface area contributed by atoms with Gasteiger partial charge >= 0.3 is 0 Å². The number of nitrogens with zero attached hydrogens (tertiary/aromatic N) is 3. The molecule has 0 saturated heterocycles. The van der Waals surface area contributed by atoms with Crippen molar-refractivity contribution in [3.05, 3.63) is 35.6 Å². The molecule has 2 rings (SSSR count). The van der Waals surface area contributed by atoms with Crippen molar-refractivity contribution in [1.82, 2.24) is 20.4 Å². The van der Waals surface area contributed by atoms with E-state index >= 15 is 0 Å². The minimum absolute atomic E-state index is 0.187. The molecular formula is C12H15N5O2. The van der Waals surface area contributed by atoms with E-state index in [1.807, 2.05) is 13.0 Å². The molecule has 7 heteroatoms. The fraction of sp³-hybridized carbons (Fsp3) is 0.333. The highest BCUT2D eigenvalue weighted by molar-refractivity contribution is 5.92. The van der Waals surface area contributed by atoms with Crippen molar-refractivity contribution in [1.29, 1.82) is 0 Å². The first kappa shape index (κ1) is 13.0. The van der Waals surface area contributed by atoms with Crippen LogP contribution < -0.4 is 10.6 Å². The van der Waals surface area contributed by atoms with E-state index in [0.717, 1.165) is 6.54 Å². The summed E-state index contributed by atoms with van der Waals surface area (Å²) in [7, 11) is 0. The second kappa shape index (κ2) is 5.94. The zero-order chi connectivity index (χ0) is 13.7. The molecule has 0 atom stereocenters. The summed E-state index contributed by atoms with van der Waals surface area (Å²) >= 11 is 0. The summed E-state index contributed by atoms with van der Waals surface area (Å²) in [6.07, 6.45) is 0. The molecule has 0 fully saturated rings. The van der Waals surface area contributed by atoms with Crippen LogP contribution in [-0.4, -0.2) is 27.6 Å². The normalized spacial score (nSPS) is 10.2. The first-order valence-electron chi connectivity index (χ1n) is 5.97. The Morgan fingerprint density at radius 2 is 2.21 bits per heavy atom. The first-order valence-corrected chi connectivity index (χ1v) is 5.97. The van der Waals surface area contributed by atoms with Gasteiger partial charge in [-0.05, 0) is 26.0 Å². The van der Waals surface area contributed by atoms with Gasteiger partial charge in [-0.2, -0.15) is 4.98 Å². The third-order valence-corrected chi connectivity index (χ3v) is 2.31. The number of hydrogen-bond donors (Lipinski definition) is 2. The van der Waals surface area contributed by atoms with Crippen LogP contribution >= 0.6 is 0 Å². The van der Waals surface area contributed by atoms with Crippen LogP contribution in [0.3, 0.4) is 0 Å². The summed E-state index contributed by atoms with van der Waals surface area (Å²) in [4.78, 5) is 20.1. The number of pyridine rings is 1. The maximum absolute atomic E-state index is 11.9. The number of carbonyl (C=O) groups excluding carboxylic acids is 1. The van der Waals surface area contributed by atoms with Crippen molar-refractivity contribution >= 4 is 11.7 Å². The van der Waals surface area contributed by atoms with Gasteiger partial charge in [-0.25, -0.2) is 4.98 Å². The molecule has 0 aliphatic heterocycles. The lowest BCUT2D eigenvalue weighted by Crippen LogP contribution is -2.24. The van der Waals surface area contributed by atoms with Crippen LogP contribution in [0.25, 0.3) is 0 Å². The lowest BCUT2D eigenvalue weighted by molar-refractivity contribution is 0.0941. The number of rotatable bonds is 5. The van der Waals surface area contributed by atoms with E-state index in [9.17, 15) is 4.79 Å². The highest BCUT2D eigenvalue weighted by Crippen LogP contribution is 2.04. The minimum Gasteiger partial charge on any atom is -0.370 e. The number of anilines is 1. The van der Waals surface area contributed by atoms with Gasteiger partial charge in [0.2, 0.25) is 5.89 Å². The van der Waals surface area contributed by atoms with Crippen LogP contribution in [0.2, 0.25) is 0 Å². The molecule has 0 aliphatic carbocycles. The van der Waals surface area contributed by atoms with Gasteiger partial charge in [-0.3, -0.25) is 4.79 Å². The van der Waals surface area contributed by atoms with E-state index in [4.69, 9.17) is 4.52 Å². The van der Waals surface area contributed by atoms with Crippen molar-refractivity contribution in [2.45, 2.75) is 20.4 Å². The molecule has 7 nitrogen and oxygen atoms in total. The molecule has 2 heterocycles. The van der Waals surface area contributed by atoms with Gasteiger partial charge in [-0.15, -0.1) is 0 Å². The molecule has 0 spiro atoms. The summed E-state index contributed by atoms with van der Waals surface area (Å²) < 4.78 is 4.90. The van der Waals surface area contributed by atoms with Crippen molar-refractivity contribution in [2.75, 3.05) is 11.9 Å². The number of aryl methyl sites for hydroxylation is 1. The zero-order valence-electron chi connectivity index (χ0n) is 10.8. The van der Waals surface area contributed by atoms with E-state index in [1.54, 1.807) is 19.1 Å². The second-order valence-corrected chi connectivity index (χ2v) is 3.86. The summed E-state index contributed by atoms with van der Waals surface area (Å²) in [6.45, 7) is 4.62. The Hall–Kier alpha value is -2.44. The predicted octanol–water partition coefficient (Wildman–Crippen LogP) is 1.13. The SMILES string of the molecule is CCNc1cccc(C(=O)NCc2nc(C)no2)n1. The summed E-state index contributed by atoms with van der Waals surface area (Å²) in [5, 5.41) is 9.36. The van der Waals surface area contributed by atoms with E-state index < -0.39 is 0 Å². The third-order valence-electron chi connectivity index (χ3n) is 2.31. The number of nitrogens with one attached hydrogen (secondary N) is 2. The lowest BCUT2D eigenvalue weighted by Gasteiger charge is -2.05. The molecule has 1 amide bonds. The maximum Gasteiger partial charge on any atom is 0.270 e. The quantitative estimate of drug-likeness (QED) is 0.838. The molecule has 0 aromatic carbocycles. The standard InChI is InChI=1S/C12H15N5O2/c1-3-13-10-6-4-5-9(16-10)12(18)14-7-11-15-8(2)17-19-11/h4-6H,3,7H2,1-2H3,(H,13,16)(H,14,18). The predicted molar refractivity (Wildman–Crippen MR) is 68.6 cm³/mol. The topological polar surface area (TPSA) is 92.9 Å². The monoisotopic (exact) mass is 261 g/mol. The molecule has 0 aliphatic rings. The van der Waals surface area contributed by atoms with E-state index in [2.05, 4.69) is 25.8 Å².